The number of anilines is 1. The zero-order valence-corrected chi connectivity index (χ0v) is 14.7. The van der Waals surface area contributed by atoms with Gasteiger partial charge in [0.25, 0.3) is 0 Å². The van der Waals surface area contributed by atoms with Crippen LogP contribution in [0.2, 0.25) is 0 Å². The van der Waals surface area contributed by atoms with Crippen molar-refractivity contribution in [1.82, 2.24) is 9.38 Å². The van der Waals surface area contributed by atoms with E-state index in [0.717, 1.165) is 11.3 Å². The van der Waals surface area contributed by atoms with E-state index in [4.69, 9.17) is 4.98 Å². The third kappa shape index (κ3) is 2.72. The molecule has 1 aliphatic heterocycles. The largest absolute Gasteiger partial charge is 0.372 e. The van der Waals surface area contributed by atoms with Gasteiger partial charge in [-0.25, -0.2) is 4.98 Å². The summed E-state index contributed by atoms with van der Waals surface area (Å²) in [5.74, 6) is 0. The summed E-state index contributed by atoms with van der Waals surface area (Å²) in [5, 5.41) is 4.29. The second-order valence-electron chi connectivity index (χ2n) is 6.56. The van der Waals surface area contributed by atoms with Gasteiger partial charge in [0.15, 0.2) is 0 Å². The monoisotopic (exact) mass is 345 g/mol. The quantitative estimate of drug-likeness (QED) is 0.500. The number of nitrogens with zero attached hydrogens (tertiary/aromatic N) is 3. The highest BCUT2D eigenvalue weighted by Gasteiger charge is 2.12. The van der Waals surface area contributed by atoms with E-state index in [1.807, 2.05) is 0 Å². The minimum atomic E-state index is 0.984. The van der Waals surface area contributed by atoms with Crippen LogP contribution in [0.3, 0.4) is 0 Å². The minimum Gasteiger partial charge on any atom is -0.372 e. The van der Waals surface area contributed by atoms with Gasteiger partial charge in [-0.1, -0.05) is 12.1 Å². The van der Waals surface area contributed by atoms with Crippen LogP contribution < -0.4 is 4.90 Å². The molecular weight excluding hydrogens is 326 g/mol. The molecular formula is C21H19N3S. The Morgan fingerprint density at radius 2 is 1.60 bits per heavy atom. The Kier molecular flexibility index (Phi) is 3.56. The molecule has 0 spiro atoms. The molecule has 1 saturated heterocycles. The lowest BCUT2D eigenvalue weighted by Crippen LogP contribution is -2.17. The Labute approximate surface area is 151 Å². The molecule has 3 aromatic heterocycles. The van der Waals surface area contributed by atoms with Crippen LogP contribution in [-0.2, 0) is 0 Å². The van der Waals surface area contributed by atoms with Crippen LogP contribution in [0.5, 0.6) is 0 Å². The average molecular weight is 345 g/mol. The van der Waals surface area contributed by atoms with Crippen molar-refractivity contribution in [2.75, 3.05) is 18.0 Å². The Morgan fingerprint density at radius 3 is 2.36 bits per heavy atom. The number of fused-ring (bicyclic) bond motifs is 1. The van der Waals surface area contributed by atoms with Crippen molar-refractivity contribution in [3.8, 4) is 22.4 Å². The number of thiophene rings is 1. The van der Waals surface area contributed by atoms with Gasteiger partial charge in [0.1, 0.15) is 5.65 Å². The van der Waals surface area contributed by atoms with E-state index in [1.54, 1.807) is 11.3 Å². The van der Waals surface area contributed by atoms with Crippen LogP contribution in [-0.4, -0.2) is 22.5 Å². The summed E-state index contributed by atoms with van der Waals surface area (Å²) in [7, 11) is 0. The standard InChI is InChI=1S/C21H19N3S/c1-2-11-23(10-1)19-6-3-16(4-7-19)20-14-24-13-17(5-8-21(24)22-20)18-9-12-25-15-18/h3-9,12-15H,1-2,10-11H2. The van der Waals surface area contributed by atoms with Gasteiger partial charge in [-0.2, -0.15) is 11.3 Å². The number of aromatic nitrogens is 2. The summed E-state index contributed by atoms with van der Waals surface area (Å²) < 4.78 is 2.12. The molecule has 4 heteroatoms. The molecule has 0 bridgehead atoms. The number of imidazole rings is 1. The fraction of sp³-hybridized carbons (Fsp3) is 0.190. The molecule has 0 amide bonds. The van der Waals surface area contributed by atoms with Crippen LogP contribution in [0.15, 0.2) is 65.6 Å². The normalized spacial score (nSPS) is 14.5. The van der Waals surface area contributed by atoms with Gasteiger partial charge in [-0.15, -0.1) is 0 Å². The Bertz CT molecular complexity index is 993. The smallest absolute Gasteiger partial charge is 0.137 e. The van der Waals surface area contributed by atoms with Crippen LogP contribution in [0.4, 0.5) is 5.69 Å². The Morgan fingerprint density at radius 1 is 0.800 bits per heavy atom. The molecule has 124 valence electrons. The van der Waals surface area contributed by atoms with E-state index in [1.165, 1.54) is 48.3 Å². The van der Waals surface area contributed by atoms with E-state index >= 15 is 0 Å². The molecule has 0 aliphatic carbocycles. The number of hydrogen-bond acceptors (Lipinski definition) is 3. The molecule has 0 N–H and O–H groups in total. The van der Waals surface area contributed by atoms with Crippen molar-refractivity contribution in [2.45, 2.75) is 12.8 Å². The van der Waals surface area contributed by atoms with Crippen molar-refractivity contribution >= 4 is 22.7 Å². The first-order chi connectivity index (χ1) is 12.4. The lowest BCUT2D eigenvalue weighted by atomic mass is 10.1. The fourth-order valence-corrected chi connectivity index (χ4v) is 4.21. The van der Waals surface area contributed by atoms with Gasteiger partial charge < -0.3 is 9.30 Å². The average Bonchev–Trinajstić information content (AvgIpc) is 3.42. The minimum absolute atomic E-state index is 0.984. The molecule has 25 heavy (non-hydrogen) atoms. The zero-order chi connectivity index (χ0) is 16.6. The highest BCUT2D eigenvalue weighted by atomic mass is 32.1. The first-order valence-electron chi connectivity index (χ1n) is 8.73. The molecule has 1 aliphatic rings. The molecule has 4 heterocycles. The third-order valence-electron chi connectivity index (χ3n) is 4.94. The molecule has 0 radical (unpaired) electrons. The van der Waals surface area contributed by atoms with Gasteiger partial charge in [0.2, 0.25) is 0 Å². The van der Waals surface area contributed by atoms with Crippen molar-refractivity contribution in [3.05, 3.63) is 65.6 Å². The SMILES string of the molecule is c1cc(-c2ccc3nc(-c4ccc(N5CCCC5)cc4)cn3c2)cs1. The van der Waals surface area contributed by atoms with Crippen molar-refractivity contribution < 1.29 is 0 Å². The van der Waals surface area contributed by atoms with E-state index < -0.39 is 0 Å². The lowest BCUT2D eigenvalue weighted by Gasteiger charge is -2.17. The second-order valence-corrected chi connectivity index (χ2v) is 7.34. The predicted octanol–water partition coefficient (Wildman–Crippen LogP) is 5.33. The number of rotatable bonds is 3. The molecule has 1 aromatic carbocycles. The van der Waals surface area contributed by atoms with Crippen molar-refractivity contribution in [3.63, 3.8) is 0 Å². The summed E-state index contributed by atoms with van der Waals surface area (Å²) in [6, 6.07) is 15.2. The molecule has 0 atom stereocenters. The second kappa shape index (κ2) is 6.05. The zero-order valence-electron chi connectivity index (χ0n) is 13.9. The maximum atomic E-state index is 4.78. The van der Waals surface area contributed by atoms with Gasteiger partial charge in [-0.05, 0) is 65.1 Å². The maximum absolute atomic E-state index is 4.78. The van der Waals surface area contributed by atoms with Crippen LogP contribution >= 0.6 is 11.3 Å². The number of benzene rings is 1. The summed E-state index contributed by atoms with van der Waals surface area (Å²) >= 11 is 1.72. The van der Waals surface area contributed by atoms with Gasteiger partial charge in [0.05, 0.1) is 5.69 Å². The molecule has 4 aromatic rings. The fourth-order valence-electron chi connectivity index (χ4n) is 3.55. The lowest BCUT2D eigenvalue weighted by molar-refractivity contribution is 0.949. The maximum Gasteiger partial charge on any atom is 0.137 e. The summed E-state index contributed by atoms with van der Waals surface area (Å²) in [6.45, 7) is 2.36. The number of hydrogen-bond donors (Lipinski definition) is 0. The van der Waals surface area contributed by atoms with Gasteiger partial charge in [-0.3, -0.25) is 0 Å². The Balaban J connectivity index is 1.48. The predicted molar refractivity (Wildman–Crippen MR) is 105 cm³/mol. The molecule has 0 saturated carbocycles. The van der Waals surface area contributed by atoms with Crippen molar-refractivity contribution in [1.29, 1.82) is 0 Å². The first-order valence-corrected chi connectivity index (χ1v) is 9.68. The Hall–Kier alpha value is -2.59. The highest BCUT2D eigenvalue weighted by Crippen LogP contribution is 2.27. The van der Waals surface area contributed by atoms with E-state index in [-0.39, 0.29) is 0 Å². The van der Waals surface area contributed by atoms with Crippen LogP contribution in [0.25, 0.3) is 28.0 Å². The van der Waals surface area contributed by atoms with Crippen LogP contribution in [0, 0.1) is 0 Å². The topological polar surface area (TPSA) is 20.5 Å². The van der Waals surface area contributed by atoms with Crippen LogP contribution in [0.1, 0.15) is 12.8 Å². The molecule has 5 rings (SSSR count). The summed E-state index contributed by atoms with van der Waals surface area (Å²) in [4.78, 5) is 7.24. The number of pyridine rings is 1. The molecule has 0 unspecified atom stereocenters. The van der Waals surface area contributed by atoms with Crippen molar-refractivity contribution in [2.24, 2.45) is 0 Å². The van der Waals surface area contributed by atoms with Gasteiger partial charge in [0, 0.05) is 36.7 Å². The molecule has 3 nitrogen and oxygen atoms in total. The third-order valence-corrected chi connectivity index (χ3v) is 5.62. The summed E-state index contributed by atoms with van der Waals surface area (Å²) in [6.07, 6.45) is 6.89. The van der Waals surface area contributed by atoms with E-state index in [0.29, 0.717) is 0 Å². The van der Waals surface area contributed by atoms with E-state index in [2.05, 4.69) is 74.9 Å². The summed E-state index contributed by atoms with van der Waals surface area (Å²) in [5.41, 5.74) is 6.99. The molecule has 1 fully saturated rings. The highest BCUT2D eigenvalue weighted by molar-refractivity contribution is 7.08. The first kappa shape index (κ1) is 14.7. The van der Waals surface area contributed by atoms with E-state index in [9.17, 15) is 0 Å². The van der Waals surface area contributed by atoms with Gasteiger partial charge >= 0.3 is 0 Å².